The number of benzene rings is 2. The quantitative estimate of drug-likeness (QED) is 0.586. The fourth-order valence-electron chi connectivity index (χ4n) is 3.79. The van der Waals surface area contributed by atoms with Crippen molar-refractivity contribution in [2.24, 2.45) is 0 Å². The Bertz CT molecular complexity index is 1040. The summed E-state index contributed by atoms with van der Waals surface area (Å²) in [6.07, 6.45) is 1.79. The summed E-state index contributed by atoms with van der Waals surface area (Å²) in [6.45, 7) is 3.93. The molecule has 3 aromatic rings. The molecule has 2 aromatic carbocycles. The minimum atomic E-state index is -0.127. The van der Waals surface area contributed by atoms with Crippen molar-refractivity contribution in [3.05, 3.63) is 71.4 Å². The molecule has 1 aromatic heterocycles. The van der Waals surface area contributed by atoms with Gasteiger partial charge in [-0.05, 0) is 49.1 Å². The van der Waals surface area contributed by atoms with Gasteiger partial charge in [0.15, 0.2) is 5.82 Å². The summed E-state index contributed by atoms with van der Waals surface area (Å²) in [6, 6.07) is 15.4. The average Bonchev–Trinajstić information content (AvgIpc) is 3.30. The van der Waals surface area contributed by atoms with Crippen molar-refractivity contribution in [3.63, 3.8) is 0 Å². The molecule has 1 fully saturated rings. The van der Waals surface area contributed by atoms with Crippen LogP contribution in [0.4, 0.5) is 10.5 Å². The number of urea groups is 1. The van der Waals surface area contributed by atoms with Crippen LogP contribution in [0.3, 0.4) is 0 Å². The van der Waals surface area contributed by atoms with E-state index < -0.39 is 0 Å². The molecular formula is C24H28N4O4. The summed E-state index contributed by atoms with van der Waals surface area (Å²) in [4.78, 5) is 19.1. The van der Waals surface area contributed by atoms with E-state index in [1.165, 1.54) is 0 Å². The third kappa shape index (κ3) is 5.45. The van der Waals surface area contributed by atoms with Gasteiger partial charge in [0.25, 0.3) is 5.89 Å². The van der Waals surface area contributed by atoms with E-state index >= 15 is 0 Å². The Labute approximate surface area is 187 Å². The van der Waals surface area contributed by atoms with Gasteiger partial charge in [-0.2, -0.15) is 4.98 Å². The summed E-state index contributed by atoms with van der Waals surface area (Å²) in [5, 5.41) is 7.14. The van der Waals surface area contributed by atoms with Crippen LogP contribution in [-0.2, 0) is 18.0 Å². The number of anilines is 1. The maximum Gasteiger partial charge on any atom is 0.321 e. The van der Waals surface area contributed by atoms with Crippen molar-refractivity contribution in [3.8, 4) is 5.75 Å². The molecule has 2 amide bonds. The summed E-state index contributed by atoms with van der Waals surface area (Å²) in [5.74, 6) is 1.88. The first kappa shape index (κ1) is 21.8. The van der Waals surface area contributed by atoms with Crippen LogP contribution in [0.2, 0.25) is 0 Å². The Morgan fingerprint density at radius 3 is 2.84 bits per heavy atom. The normalized spacial score (nSPS) is 16.1. The van der Waals surface area contributed by atoms with E-state index in [0.29, 0.717) is 31.4 Å². The van der Waals surface area contributed by atoms with Gasteiger partial charge in [0, 0.05) is 24.7 Å². The third-order valence-corrected chi connectivity index (χ3v) is 5.57. The number of methoxy groups -OCH3 is 1. The number of ether oxygens (including phenoxy) is 2. The number of likely N-dealkylation sites (tertiary alicyclic amines) is 1. The second-order valence-corrected chi connectivity index (χ2v) is 7.92. The minimum absolute atomic E-state index is 0.0399. The van der Waals surface area contributed by atoms with Gasteiger partial charge in [0.05, 0.1) is 13.7 Å². The van der Waals surface area contributed by atoms with Gasteiger partial charge in [0.1, 0.15) is 12.4 Å². The molecule has 2 heterocycles. The average molecular weight is 437 g/mol. The number of amides is 2. The molecule has 168 valence electrons. The van der Waals surface area contributed by atoms with Crippen LogP contribution in [0.1, 0.15) is 41.6 Å². The minimum Gasteiger partial charge on any atom is -0.497 e. The Morgan fingerprint density at radius 1 is 1.22 bits per heavy atom. The number of nitrogens with zero attached hydrogens (tertiary/aromatic N) is 3. The molecule has 0 radical (unpaired) electrons. The number of carbonyl (C=O) groups is 1. The monoisotopic (exact) mass is 436 g/mol. The van der Waals surface area contributed by atoms with E-state index in [1.807, 2.05) is 55.5 Å². The van der Waals surface area contributed by atoms with Crippen LogP contribution in [0, 0.1) is 6.92 Å². The molecule has 1 aliphatic rings. The molecule has 1 atom stereocenters. The highest BCUT2D eigenvalue weighted by Gasteiger charge is 2.28. The third-order valence-electron chi connectivity index (χ3n) is 5.57. The lowest BCUT2D eigenvalue weighted by atomic mass is 9.97. The van der Waals surface area contributed by atoms with Crippen molar-refractivity contribution in [2.45, 2.75) is 38.9 Å². The Hall–Kier alpha value is -3.39. The standard InChI is InChI=1S/C24H28N4O4/c1-17-13-20(30-2)10-11-21(17)25-24(29)28-12-6-9-19(14-28)23-26-22(32-27-23)16-31-15-18-7-4-3-5-8-18/h3-5,7-8,10-11,13,19H,6,9,12,14-16H2,1-2H3,(H,25,29). The van der Waals surface area contributed by atoms with Gasteiger partial charge in [-0.25, -0.2) is 4.79 Å². The summed E-state index contributed by atoms with van der Waals surface area (Å²) >= 11 is 0. The zero-order valence-electron chi connectivity index (χ0n) is 18.4. The molecule has 1 saturated heterocycles. The number of hydrogen-bond acceptors (Lipinski definition) is 6. The predicted molar refractivity (Wildman–Crippen MR) is 120 cm³/mol. The van der Waals surface area contributed by atoms with Gasteiger partial charge in [-0.3, -0.25) is 0 Å². The maximum absolute atomic E-state index is 12.8. The number of nitrogens with one attached hydrogen (secondary N) is 1. The van der Waals surface area contributed by atoms with E-state index in [2.05, 4.69) is 15.5 Å². The van der Waals surface area contributed by atoms with Gasteiger partial charge in [-0.15, -0.1) is 0 Å². The van der Waals surface area contributed by atoms with Crippen LogP contribution in [0.25, 0.3) is 0 Å². The first-order valence-corrected chi connectivity index (χ1v) is 10.8. The number of carbonyl (C=O) groups excluding carboxylic acids is 1. The molecule has 32 heavy (non-hydrogen) atoms. The van der Waals surface area contributed by atoms with E-state index in [1.54, 1.807) is 12.0 Å². The van der Waals surface area contributed by atoms with Crippen molar-refractivity contribution in [1.29, 1.82) is 0 Å². The zero-order valence-corrected chi connectivity index (χ0v) is 18.4. The molecule has 4 rings (SSSR count). The molecule has 0 spiro atoms. The molecule has 1 aliphatic heterocycles. The molecule has 0 aliphatic carbocycles. The molecule has 1 N–H and O–H groups in total. The van der Waals surface area contributed by atoms with Gasteiger partial charge in [0.2, 0.25) is 0 Å². The maximum atomic E-state index is 12.8. The molecule has 8 heteroatoms. The van der Waals surface area contributed by atoms with Gasteiger partial charge < -0.3 is 24.2 Å². The summed E-state index contributed by atoms with van der Waals surface area (Å²) in [5.41, 5.74) is 2.81. The summed E-state index contributed by atoms with van der Waals surface area (Å²) in [7, 11) is 1.62. The Kier molecular flexibility index (Phi) is 7.01. The first-order valence-electron chi connectivity index (χ1n) is 10.8. The molecule has 8 nitrogen and oxygen atoms in total. The number of aryl methyl sites for hydroxylation is 1. The van der Waals surface area contributed by atoms with Crippen molar-refractivity contribution < 1.29 is 18.8 Å². The van der Waals surface area contributed by atoms with Crippen LogP contribution in [0.5, 0.6) is 5.75 Å². The van der Waals surface area contributed by atoms with Crippen molar-refractivity contribution in [2.75, 3.05) is 25.5 Å². The van der Waals surface area contributed by atoms with Crippen LogP contribution in [0.15, 0.2) is 53.1 Å². The molecule has 0 bridgehead atoms. The highest BCUT2D eigenvalue weighted by Crippen LogP contribution is 2.26. The van der Waals surface area contributed by atoms with Crippen molar-refractivity contribution in [1.82, 2.24) is 15.0 Å². The molecule has 0 saturated carbocycles. The zero-order chi connectivity index (χ0) is 22.3. The second kappa shape index (κ2) is 10.3. The molecular weight excluding hydrogens is 408 g/mol. The number of hydrogen-bond donors (Lipinski definition) is 1. The van der Waals surface area contributed by atoms with E-state index in [-0.39, 0.29) is 18.6 Å². The van der Waals surface area contributed by atoms with E-state index in [0.717, 1.165) is 35.4 Å². The van der Waals surface area contributed by atoms with Crippen LogP contribution >= 0.6 is 0 Å². The summed E-state index contributed by atoms with van der Waals surface area (Å²) < 4.78 is 16.3. The molecule has 1 unspecified atom stereocenters. The highest BCUT2D eigenvalue weighted by atomic mass is 16.5. The fourth-order valence-corrected chi connectivity index (χ4v) is 3.79. The lowest BCUT2D eigenvalue weighted by Crippen LogP contribution is -2.42. The Balaban J connectivity index is 1.31. The smallest absolute Gasteiger partial charge is 0.321 e. The van der Waals surface area contributed by atoms with E-state index in [9.17, 15) is 4.79 Å². The van der Waals surface area contributed by atoms with Crippen molar-refractivity contribution >= 4 is 11.7 Å². The predicted octanol–water partition coefficient (Wildman–Crippen LogP) is 4.51. The largest absolute Gasteiger partial charge is 0.497 e. The van der Waals surface area contributed by atoms with Crippen LogP contribution < -0.4 is 10.1 Å². The fraction of sp³-hybridized carbons (Fsp3) is 0.375. The Morgan fingerprint density at radius 2 is 2.06 bits per heavy atom. The lowest BCUT2D eigenvalue weighted by Gasteiger charge is -2.31. The number of piperidine rings is 1. The van der Waals surface area contributed by atoms with Gasteiger partial charge in [-0.1, -0.05) is 35.5 Å². The van der Waals surface area contributed by atoms with Crippen LogP contribution in [-0.4, -0.2) is 41.3 Å². The first-order chi connectivity index (χ1) is 15.6. The number of aromatic nitrogens is 2. The topological polar surface area (TPSA) is 89.7 Å². The second-order valence-electron chi connectivity index (χ2n) is 7.92. The number of rotatable bonds is 7. The highest BCUT2D eigenvalue weighted by molar-refractivity contribution is 5.90. The van der Waals surface area contributed by atoms with Gasteiger partial charge >= 0.3 is 6.03 Å². The lowest BCUT2D eigenvalue weighted by molar-refractivity contribution is 0.0850. The SMILES string of the molecule is COc1ccc(NC(=O)N2CCCC(c3noc(COCc4ccccc4)n3)C2)c(C)c1. The van der Waals surface area contributed by atoms with E-state index in [4.69, 9.17) is 14.0 Å².